The average Bonchev–Trinajstić information content (AvgIpc) is 2.96. The molecule has 0 atom stereocenters. The number of halogens is 3. The Morgan fingerprint density at radius 3 is 2.48 bits per heavy atom. The van der Waals surface area contributed by atoms with Crippen molar-refractivity contribution in [3.8, 4) is 34.0 Å². The fraction of sp³-hybridized carbons (Fsp3) is 0.167. The summed E-state index contributed by atoms with van der Waals surface area (Å²) in [6.07, 6.45) is 1.72. The Balaban J connectivity index is 2.17. The number of rotatable bonds is 4. The zero-order chi connectivity index (χ0) is 18.1. The van der Waals surface area contributed by atoms with Crippen LogP contribution in [0.15, 0.2) is 41.1 Å². The lowest BCUT2D eigenvalue weighted by Crippen LogP contribution is -1.95. The third-order valence-electron chi connectivity index (χ3n) is 3.84. The monoisotopic (exact) mass is 516 g/mol. The number of hydrogen-bond donors (Lipinski definition) is 0. The van der Waals surface area contributed by atoms with E-state index in [0.29, 0.717) is 11.3 Å². The van der Waals surface area contributed by atoms with Crippen LogP contribution in [0.5, 0.6) is 11.5 Å². The van der Waals surface area contributed by atoms with Crippen LogP contribution in [0.4, 0.5) is 4.39 Å². The highest BCUT2D eigenvalue weighted by Gasteiger charge is 2.18. The summed E-state index contributed by atoms with van der Waals surface area (Å²) >= 11 is 5.77. The SMILES string of the molecule is COc1ccc(-c2ncn(C)c2-c2cc(Br)c(OC)c(I)c2)cc1F. The predicted molar refractivity (Wildman–Crippen MR) is 108 cm³/mol. The van der Waals surface area contributed by atoms with Crippen LogP contribution in [0.25, 0.3) is 22.5 Å². The van der Waals surface area contributed by atoms with Gasteiger partial charge in [0.15, 0.2) is 11.6 Å². The largest absolute Gasteiger partial charge is 0.494 e. The molecule has 130 valence electrons. The van der Waals surface area contributed by atoms with E-state index in [1.54, 1.807) is 25.6 Å². The van der Waals surface area contributed by atoms with Gasteiger partial charge in [-0.1, -0.05) is 0 Å². The summed E-state index contributed by atoms with van der Waals surface area (Å²) in [5.41, 5.74) is 3.25. The predicted octanol–water partition coefficient (Wildman–Crippen LogP) is 5.28. The van der Waals surface area contributed by atoms with Crippen molar-refractivity contribution in [2.45, 2.75) is 0 Å². The van der Waals surface area contributed by atoms with Crippen LogP contribution in [0.2, 0.25) is 0 Å². The summed E-state index contributed by atoms with van der Waals surface area (Å²) in [6.45, 7) is 0. The van der Waals surface area contributed by atoms with Gasteiger partial charge in [-0.3, -0.25) is 0 Å². The van der Waals surface area contributed by atoms with Gasteiger partial charge in [0.25, 0.3) is 0 Å². The van der Waals surface area contributed by atoms with Crippen molar-refractivity contribution in [1.29, 1.82) is 0 Å². The highest BCUT2D eigenvalue weighted by molar-refractivity contribution is 14.1. The van der Waals surface area contributed by atoms with Crippen molar-refractivity contribution in [3.05, 3.63) is 50.5 Å². The summed E-state index contributed by atoms with van der Waals surface area (Å²) in [4.78, 5) is 4.47. The molecule has 2 aromatic carbocycles. The van der Waals surface area contributed by atoms with Crippen LogP contribution in [0.3, 0.4) is 0 Å². The van der Waals surface area contributed by atoms with Crippen LogP contribution >= 0.6 is 38.5 Å². The molecule has 0 N–H and O–H groups in total. The standard InChI is InChI=1S/C18H15BrFIN2O2/c1-23-9-22-16(10-4-5-15(24-2)13(20)7-10)17(23)11-6-12(19)18(25-3)14(21)8-11/h4-9H,1-3H3. The molecule has 25 heavy (non-hydrogen) atoms. The number of nitrogens with zero attached hydrogens (tertiary/aromatic N) is 2. The van der Waals surface area contributed by atoms with Gasteiger partial charge in [0, 0.05) is 18.2 Å². The summed E-state index contributed by atoms with van der Waals surface area (Å²) in [7, 11) is 5.00. The van der Waals surface area contributed by atoms with E-state index in [4.69, 9.17) is 9.47 Å². The zero-order valence-corrected chi connectivity index (χ0v) is 17.6. The second-order valence-corrected chi connectivity index (χ2v) is 7.39. The van der Waals surface area contributed by atoms with Crippen molar-refractivity contribution in [1.82, 2.24) is 9.55 Å². The number of aromatic nitrogens is 2. The van der Waals surface area contributed by atoms with Crippen molar-refractivity contribution in [2.75, 3.05) is 14.2 Å². The molecule has 0 bridgehead atoms. The van der Waals surface area contributed by atoms with Gasteiger partial charge in [-0.05, 0) is 68.9 Å². The smallest absolute Gasteiger partial charge is 0.165 e. The summed E-state index contributed by atoms with van der Waals surface area (Å²) in [5, 5.41) is 0. The lowest BCUT2D eigenvalue weighted by Gasteiger charge is -2.12. The zero-order valence-electron chi connectivity index (χ0n) is 13.8. The number of benzene rings is 2. The molecule has 0 unspecified atom stereocenters. The van der Waals surface area contributed by atoms with Gasteiger partial charge in [0.1, 0.15) is 5.75 Å². The molecule has 0 fully saturated rings. The Bertz CT molecular complexity index is 920. The fourth-order valence-corrected chi connectivity index (χ4v) is 4.53. The molecule has 7 heteroatoms. The van der Waals surface area contributed by atoms with Gasteiger partial charge >= 0.3 is 0 Å². The Kier molecular flexibility index (Phi) is 5.33. The van der Waals surface area contributed by atoms with Gasteiger partial charge in [0.2, 0.25) is 0 Å². The third kappa shape index (κ3) is 3.39. The minimum Gasteiger partial charge on any atom is -0.494 e. The normalized spacial score (nSPS) is 10.8. The van der Waals surface area contributed by atoms with Crippen LogP contribution in [-0.2, 0) is 7.05 Å². The van der Waals surface area contributed by atoms with Gasteiger partial charge in [0.05, 0.1) is 40.0 Å². The van der Waals surface area contributed by atoms with Crippen molar-refractivity contribution in [2.24, 2.45) is 7.05 Å². The second-order valence-electron chi connectivity index (χ2n) is 5.38. The molecule has 0 spiro atoms. The first-order valence-corrected chi connectivity index (χ1v) is 9.22. The molecule has 0 aliphatic rings. The van der Waals surface area contributed by atoms with Crippen LogP contribution in [-0.4, -0.2) is 23.8 Å². The second kappa shape index (κ2) is 7.33. The molecule has 0 radical (unpaired) electrons. The Morgan fingerprint density at radius 1 is 1.12 bits per heavy atom. The highest BCUT2D eigenvalue weighted by Crippen LogP contribution is 2.38. The maximum Gasteiger partial charge on any atom is 0.165 e. The van der Waals surface area contributed by atoms with Crippen LogP contribution < -0.4 is 9.47 Å². The molecule has 1 heterocycles. The molecule has 3 aromatic rings. The molecule has 4 nitrogen and oxygen atoms in total. The first kappa shape index (κ1) is 18.2. The topological polar surface area (TPSA) is 36.3 Å². The van der Waals surface area contributed by atoms with E-state index in [1.165, 1.54) is 13.2 Å². The average molecular weight is 517 g/mol. The van der Waals surface area contributed by atoms with Crippen molar-refractivity contribution in [3.63, 3.8) is 0 Å². The molecule has 0 amide bonds. The van der Waals surface area contributed by atoms with E-state index in [0.717, 1.165) is 25.0 Å². The minimum absolute atomic E-state index is 0.211. The van der Waals surface area contributed by atoms with E-state index in [1.807, 2.05) is 23.7 Å². The minimum atomic E-state index is -0.415. The third-order valence-corrected chi connectivity index (χ3v) is 5.23. The number of imidazole rings is 1. The van der Waals surface area contributed by atoms with Crippen LogP contribution in [0, 0.1) is 9.39 Å². The van der Waals surface area contributed by atoms with E-state index < -0.39 is 5.82 Å². The lowest BCUT2D eigenvalue weighted by molar-refractivity contribution is 0.386. The van der Waals surface area contributed by atoms with Gasteiger partial charge < -0.3 is 14.0 Å². The van der Waals surface area contributed by atoms with Gasteiger partial charge in [-0.15, -0.1) is 0 Å². The first-order valence-electron chi connectivity index (χ1n) is 7.35. The number of aryl methyl sites for hydroxylation is 1. The maximum absolute atomic E-state index is 14.1. The van der Waals surface area contributed by atoms with E-state index >= 15 is 0 Å². The molecular weight excluding hydrogens is 502 g/mol. The number of hydrogen-bond acceptors (Lipinski definition) is 3. The maximum atomic E-state index is 14.1. The van der Waals surface area contributed by atoms with Gasteiger partial charge in [-0.25, -0.2) is 9.37 Å². The van der Waals surface area contributed by atoms with Crippen molar-refractivity contribution < 1.29 is 13.9 Å². The lowest BCUT2D eigenvalue weighted by atomic mass is 10.0. The Hall–Kier alpha value is -1.61. The number of methoxy groups -OCH3 is 2. The Morgan fingerprint density at radius 2 is 1.88 bits per heavy atom. The molecule has 0 aliphatic carbocycles. The molecule has 3 rings (SSSR count). The molecule has 0 saturated heterocycles. The summed E-state index contributed by atoms with van der Waals surface area (Å²) in [5.74, 6) is 0.577. The highest BCUT2D eigenvalue weighted by atomic mass is 127. The van der Waals surface area contributed by atoms with Crippen molar-refractivity contribution >= 4 is 38.5 Å². The molecule has 0 aliphatic heterocycles. The molecular formula is C18H15BrFIN2O2. The molecule has 0 saturated carbocycles. The van der Waals surface area contributed by atoms with Gasteiger partial charge in [-0.2, -0.15) is 0 Å². The van der Waals surface area contributed by atoms with E-state index in [9.17, 15) is 4.39 Å². The van der Waals surface area contributed by atoms with E-state index in [-0.39, 0.29) is 5.75 Å². The van der Waals surface area contributed by atoms with Crippen LogP contribution in [0.1, 0.15) is 0 Å². The Labute approximate surface area is 167 Å². The van der Waals surface area contributed by atoms with E-state index in [2.05, 4.69) is 43.5 Å². The summed E-state index contributed by atoms with van der Waals surface area (Å²) < 4.78 is 28.2. The molecule has 1 aromatic heterocycles. The fourth-order valence-electron chi connectivity index (χ4n) is 2.69. The number of ether oxygens (including phenoxy) is 2. The summed E-state index contributed by atoms with van der Waals surface area (Å²) in [6, 6.07) is 8.84. The quantitative estimate of drug-likeness (QED) is 0.443. The first-order chi connectivity index (χ1) is 12.0.